The van der Waals surface area contributed by atoms with Crippen LogP contribution in [-0.4, -0.2) is 18.9 Å². The van der Waals surface area contributed by atoms with Crippen LogP contribution >= 0.6 is 0 Å². The number of allylic oxidation sites excluding steroid dienone is 3. The van der Waals surface area contributed by atoms with Crippen LogP contribution in [0.25, 0.3) is 0 Å². The monoisotopic (exact) mass is 681 g/mol. The second kappa shape index (κ2) is 20.7. The number of hydrogen-bond acceptors (Lipinski definition) is 3. The van der Waals surface area contributed by atoms with Crippen molar-refractivity contribution in [2.45, 2.75) is 208 Å². The minimum atomic E-state index is -0.441. The highest BCUT2D eigenvalue weighted by molar-refractivity contribution is 5.60. The smallest absolute Gasteiger partial charge is 0.434 e. The summed E-state index contributed by atoms with van der Waals surface area (Å²) in [7, 11) is 0. The molecule has 3 nitrogen and oxygen atoms in total. The number of carbonyl (C=O) groups is 1. The second-order valence-electron chi connectivity index (χ2n) is 18.3. The lowest BCUT2D eigenvalue weighted by molar-refractivity contribution is -0.0617. The maximum Gasteiger partial charge on any atom is 0.508 e. The Bertz CT molecular complexity index is 1010. The Kier molecular flexibility index (Phi) is 17.1. The number of carbonyl (C=O) groups excluding carboxylic acids is 1. The maximum atomic E-state index is 12.6. The van der Waals surface area contributed by atoms with Gasteiger partial charge < -0.3 is 9.47 Å². The molecule has 0 amide bonds. The Balaban J connectivity index is 1.08. The average Bonchev–Trinajstić information content (AvgIpc) is 3.43. The molecule has 0 aromatic rings. The van der Waals surface area contributed by atoms with Crippen molar-refractivity contribution in [3.05, 3.63) is 23.8 Å². The molecule has 282 valence electrons. The zero-order chi connectivity index (χ0) is 35.1. The van der Waals surface area contributed by atoms with E-state index in [1.54, 1.807) is 5.57 Å². The van der Waals surface area contributed by atoms with Gasteiger partial charge in [-0.05, 0) is 123 Å². The Morgan fingerprint density at radius 3 is 2.16 bits per heavy atom. The van der Waals surface area contributed by atoms with Gasteiger partial charge in [-0.25, -0.2) is 4.79 Å². The second-order valence-corrected chi connectivity index (χ2v) is 18.3. The fourth-order valence-electron chi connectivity index (χ4n) is 11.4. The van der Waals surface area contributed by atoms with Gasteiger partial charge in [-0.15, -0.1) is 0 Å². The lowest BCUT2D eigenvalue weighted by Crippen LogP contribution is -2.51. The molecule has 49 heavy (non-hydrogen) atoms. The molecule has 0 unspecified atom stereocenters. The van der Waals surface area contributed by atoms with Crippen molar-refractivity contribution in [1.82, 2.24) is 0 Å². The molecule has 4 rings (SSSR count). The van der Waals surface area contributed by atoms with Crippen molar-refractivity contribution in [1.29, 1.82) is 0 Å². The average molecular weight is 681 g/mol. The zero-order valence-electron chi connectivity index (χ0n) is 33.4. The van der Waals surface area contributed by atoms with Gasteiger partial charge in [0.25, 0.3) is 0 Å². The highest BCUT2D eigenvalue weighted by atomic mass is 16.7. The molecular weight excluding hydrogens is 601 g/mol. The van der Waals surface area contributed by atoms with Gasteiger partial charge in [-0.2, -0.15) is 0 Å². The zero-order valence-corrected chi connectivity index (χ0v) is 33.4. The van der Waals surface area contributed by atoms with Gasteiger partial charge in [0.15, 0.2) is 0 Å². The summed E-state index contributed by atoms with van der Waals surface area (Å²) in [5, 5.41) is 0. The molecule has 3 heteroatoms. The molecule has 3 saturated carbocycles. The van der Waals surface area contributed by atoms with Gasteiger partial charge in [0, 0.05) is 6.42 Å². The predicted octanol–water partition coefficient (Wildman–Crippen LogP) is 14.6. The number of hydrogen-bond donors (Lipinski definition) is 0. The van der Waals surface area contributed by atoms with E-state index in [2.05, 4.69) is 59.8 Å². The van der Waals surface area contributed by atoms with Crippen molar-refractivity contribution in [2.75, 3.05) is 6.61 Å². The summed E-state index contributed by atoms with van der Waals surface area (Å²) in [6.45, 7) is 15.4. The molecule has 4 aliphatic rings. The highest BCUT2D eigenvalue weighted by Gasteiger charge is 2.59. The summed E-state index contributed by atoms with van der Waals surface area (Å²) in [4.78, 5) is 12.6. The van der Waals surface area contributed by atoms with Gasteiger partial charge in [-0.3, -0.25) is 0 Å². The van der Waals surface area contributed by atoms with Crippen molar-refractivity contribution in [3.8, 4) is 0 Å². The molecule has 3 fully saturated rings. The molecule has 0 aromatic heterocycles. The third kappa shape index (κ3) is 11.6. The number of unbranched alkanes of at least 4 members (excludes halogenated alkanes) is 12. The fourth-order valence-corrected chi connectivity index (χ4v) is 11.4. The highest BCUT2D eigenvalue weighted by Crippen LogP contribution is 2.67. The van der Waals surface area contributed by atoms with Gasteiger partial charge in [0.1, 0.15) is 6.10 Å². The van der Waals surface area contributed by atoms with E-state index < -0.39 is 6.16 Å². The molecule has 0 aromatic carbocycles. The predicted molar refractivity (Wildman–Crippen MR) is 209 cm³/mol. The van der Waals surface area contributed by atoms with Crippen molar-refractivity contribution in [3.63, 3.8) is 0 Å². The quantitative estimate of drug-likeness (QED) is 0.0648. The number of fused-ring (bicyclic) bond motifs is 5. The normalized spacial score (nSPS) is 31.7. The Morgan fingerprint density at radius 1 is 0.796 bits per heavy atom. The van der Waals surface area contributed by atoms with Crippen molar-refractivity contribution in [2.24, 2.45) is 46.3 Å². The van der Waals surface area contributed by atoms with Gasteiger partial charge in [-0.1, -0.05) is 142 Å². The van der Waals surface area contributed by atoms with E-state index in [1.165, 1.54) is 128 Å². The summed E-state index contributed by atoms with van der Waals surface area (Å²) in [5.41, 5.74) is 2.42. The van der Waals surface area contributed by atoms with Crippen LogP contribution in [0.5, 0.6) is 0 Å². The maximum absolute atomic E-state index is 12.6. The third-order valence-corrected chi connectivity index (χ3v) is 14.4. The molecule has 0 radical (unpaired) electrons. The largest absolute Gasteiger partial charge is 0.508 e. The minimum absolute atomic E-state index is 0.0142. The molecule has 8 atom stereocenters. The van der Waals surface area contributed by atoms with Crippen LogP contribution in [0.3, 0.4) is 0 Å². The minimum Gasteiger partial charge on any atom is -0.434 e. The van der Waals surface area contributed by atoms with E-state index in [-0.39, 0.29) is 6.10 Å². The first-order valence-corrected chi connectivity index (χ1v) is 21.9. The van der Waals surface area contributed by atoms with Crippen LogP contribution in [0.1, 0.15) is 202 Å². The van der Waals surface area contributed by atoms with Crippen LogP contribution in [0.4, 0.5) is 4.79 Å². The van der Waals surface area contributed by atoms with E-state index in [0.29, 0.717) is 17.4 Å². The SMILES string of the molecule is CCCCCCCCC=CCCCCCCCCOC(=O)O[C@H]1CC[C@@]2(C)C(=CC[C@@H]3[C@H]2CC[C@]2(C)[C@@H]([C@H](C)CCCC(C)C)CC[C@@H]32)C1. The van der Waals surface area contributed by atoms with Crippen LogP contribution < -0.4 is 0 Å². The molecular formula is C46H80O3. The van der Waals surface area contributed by atoms with Gasteiger partial charge in [0.2, 0.25) is 0 Å². The summed E-state index contributed by atoms with van der Waals surface area (Å²) in [5.74, 6) is 5.15. The topological polar surface area (TPSA) is 35.5 Å². The third-order valence-electron chi connectivity index (χ3n) is 14.4. The standard InChI is InChI=1S/C46H80O3/c1-7-8-9-10-11-12-13-14-15-16-17-18-19-20-21-22-34-48-44(47)49-39-30-32-45(5)38(35-39)26-27-40-42-29-28-41(37(4)25-23-24-36(2)3)46(42,6)33-31-43(40)45/h14-15,26,36-37,39-43H,7-13,16-25,27-35H2,1-6H3/t37-,39+,40+,41-,42+,43-,45+,46-/m1/s1. The van der Waals surface area contributed by atoms with E-state index in [9.17, 15) is 4.79 Å². The molecule has 4 aliphatic carbocycles. The summed E-state index contributed by atoms with van der Waals surface area (Å²) < 4.78 is 11.5. The van der Waals surface area contributed by atoms with Crippen LogP contribution in [0.2, 0.25) is 0 Å². The Hall–Kier alpha value is -1.25. The summed E-state index contributed by atoms with van der Waals surface area (Å²) >= 11 is 0. The first kappa shape index (κ1) is 40.5. The van der Waals surface area contributed by atoms with E-state index in [4.69, 9.17) is 9.47 Å². The molecule has 0 N–H and O–H groups in total. The summed E-state index contributed by atoms with van der Waals surface area (Å²) in [6, 6.07) is 0. The molecule has 0 spiro atoms. The number of rotatable bonds is 22. The van der Waals surface area contributed by atoms with E-state index in [1.807, 2.05) is 0 Å². The van der Waals surface area contributed by atoms with Crippen LogP contribution in [0, 0.1) is 46.3 Å². The Morgan fingerprint density at radius 2 is 1.47 bits per heavy atom. The number of ether oxygens (including phenoxy) is 2. The summed E-state index contributed by atoms with van der Waals surface area (Å²) in [6.07, 6.45) is 39.2. The van der Waals surface area contributed by atoms with E-state index >= 15 is 0 Å². The molecule has 0 aliphatic heterocycles. The van der Waals surface area contributed by atoms with Crippen LogP contribution in [-0.2, 0) is 9.47 Å². The Labute approximate surface area is 304 Å². The molecule has 0 bridgehead atoms. The lowest BCUT2D eigenvalue weighted by Gasteiger charge is -2.58. The lowest BCUT2D eigenvalue weighted by atomic mass is 9.47. The molecule has 0 saturated heterocycles. The van der Waals surface area contributed by atoms with Gasteiger partial charge in [0.05, 0.1) is 6.61 Å². The van der Waals surface area contributed by atoms with E-state index in [0.717, 1.165) is 67.6 Å². The first-order valence-electron chi connectivity index (χ1n) is 21.9. The molecule has 0 heterocycles. The van der Waals surface area contributed by atoms with Crippen LogP contribution in [0.15, 0.2) is 23.8 Å². The van der Waals surface area contributed by atoms with Crippen molar-refractivity contribution < 1.29 is 14.3 Å². The first-order chi connectivity index (χ1) is 23.7. The van der Waals surface area contributed by atoms with Gasteiger partial charge >= 0.3 is 6.16 Å². The fraction of sp³-hybridized carbons (Fsp3) is 0.891. The van der Waals surface area contributed by atoms with Crippen molar-refractivity contribution >= 4 is 6.16 Å².